The predicted molar refractivity (Wildman–Crippen MR) is 81.3 cm³/mol. The van der Waals surface area contributed by atoms with Crippen LogP contribution in [-0.4, -0.2) is 15.9 Å². The van der Waals surface area contributed by atoms with E-state index in [4.69, 9.17) is 0 Å². The van der Waals surface area contributed by atoms with Gasteiger partial charge in [0.1, 0.15) is 5.82 Å². The van der Waals surface area contributed by atoms with Crippen LogP contribution in [0.4, 0.5) is 0 Å². The van der Waals surface area contributed by atoms with Gasteiger partial charge in [0.15, 0.2) is 0 Å². The number of benzene rings is 2. The fourth-order valence-corrected chi connectivity index (χ4v) is 1.95. The number of aromatic nitrogens is 2. The van der Waals surface area contributed by atoms with Gasteiger partial charge in [0.25, 0.3) is 5.91 Å². The van der Waals surface area contributed by atoms with E-state index in [0.29, 0.717) is 12.4 Å². The lowest BCUT2D eigenvalue weighted by molar-refractivity contribution is -0.115. The lowest BCUT2D eigenvalue weighted by Crippen LogP contribution is -2.21. The van der Waals surface area contributed by atoms with Gasteiger partial charge in [-0.1, -0.05) is 36.3 Å². The molecule has 0 atom stereocenters. The Kier molecular flexibility index (Phi) is 3.66. The summed E-state index contributed by atoms with van der Waals surface area (Å²) in [5.74, 6) is 5.77. The van der Waals surface area contributed by atoms with E-state index in [9.17, 15) is 4.79 Å². The number of amides is 1. The molecule has 1 aromatic heterocycles. The second-order valence-corrected chi connectivity index (χ2v) is 4.50. The molecule has 0 unspecified atom stereocenters. The first-order chi connectivity index (χ1) is 10.3. The Hall–Kier alpha value is -3.06. The Bertz CT molecular complexity index is 792. The minimum absolute atomic E-state index is 0.320. The van der Waals surface area contributed by atoms with Gasteiger partial charge in [-0.3, -0.25) is 4.79 Å². The van der Waals surface area contributed by atoms with Crippen LogP contribution in [0, 0.1) is 11.8 Å². The molecule has 21 heavy (non-hydrogen) atoms. The van der Waals surface area contributed by atoms with E-state index >= 15 is 0 Å². The highest BCUT2D eigenvalue weighted by Crippen LogP contribution is 2.09. The van der Waals surface area contributed by atoms with Crippen molar-refractivity contribution in [2.75, 3.05) is 0 Å². The molecule has 4 heteroatoms. The molecule has 2 aromatic carbocycles. The van der Waals surface area contributed by atoms with Crippen LogP contribution in [0.1, 0.15) is 11.4 Å². The number of nitrogens with one attached hydrogen (secondary N) is 2. The van der Waals surface area contributed by atoms with Gasteiger partial charge in [0.05, 0.1) is 17.6 Å². The van der Waals surface area contributed by atoms with Crippen LogP contribution >= 0.6 is 0 Å². The zero-order valence-corrected chi connectivity index (χ0v) is 11.3. The van der Waals surface area contributed by atoms with Crippen molar-refractivity contribution in [1.29, 1.82) is 0 Å². The maximum absolute atomic E-state index is 11.7. The van der Waals surface area contributed by atoms with Crippen LogP contribution in [-0.2, 0) is 11.3 Å². The second kappa shape index (κ2) is 5.93. The standard InChI is InChI=1S/C17H13N3O/c21-17(11-10-13-6-2-1-3-7-13)18-12-16-19-14-8-4-5-9-15(14)20-16/h1-9H,12H2,(H,18,21)(H,19,20). The molecule has 0 aliphatic rings. The van der Waals surface area contributed by atoms with Crippen molar-refractivity contribution < 1.29 is 4.79 Å². The number of para-hydroxylation sites is 2. The van der Waals surface area contributed by atoms with Crippen LogP contribution in [0.15, 0.2) is 54.6 Å². The molecule has 0 fully saturated rings. The molecule has 102 valence electrons. The van der Waals surface area contributed by atoms with E-state index in [0.717, 1.165) is 16.6 Å². The Morgan fingerprint density at radius 2 is 1.86 bits per heavy atom. The Labute approximate surface area is 122 Å². The van der Waals surface area contributed by atoms with Crippen LogP contribution in [0.25, 0.3) is 11.0 Å². The number of hydrogen-bond acceptors (Lipinski definition) is 2. The largest absolute Gasteiger partial charge is 0.340 e. The third kappa shape index (κ3) is 3.28. The van der Waals surface area contributed by atoms with Gasteiger partial charge >= 0.3 is 0 Å². The summed E-state index contributed by atoms with van der Waals surface area (Å²) in [5.41, 5.74) is 2.66. The van der Waals surface area contributed by atoms with Gasteiger partial charge in [-0.2, -0.15) is 0 Å². The van der Waals surface area contributed by atoms with E-state index in [1.807, 2.05) is 54.6 Å². The van der Waals surface area contributed by atoms with Gasteiger partial charge in [-0.15, -0.1) is 0 Å². The molecule has 0 saturated heterocycles. The third-order valence-corrected chi connectivity index (χ3v) is 2.95. The van der Waals surface area contributed by atoms with Gasteiger partial charge in [0.2, 0.25) is 0 Å². The third-order valence-electron chi connectivity index (χ3n) is 2.95. The van der Waals surface area contributed by atoms with Crippen molar-refractivity contribution in [2.45, 2.75) is 6.54 Å². The lowest BCUT2D eigenvalue weighted by atomic mass is 10.2. The highest BCUT2D eigenvalue weighted by molar-refractivity contribution is 5.94. The molecular formula is C17H13N3O. The number of carbonyl (C=O) groups excluding carboxylic acids is 1. The number of nitrogens with zero attached hydrogens (tertiary/aromatic N) is 1. The van der Waals surface area contributed by atoms with Crippen molar-refractivity contribution >= 4 is 16.9 Å². The van der Waals surface area contributed by atoms with Gasteiger partial charge in [0, 0.05) is 11.5 Å². The smallest absolute Gasteiger partial charge is 0.296 e. The maximum Gasteiger partial charge on any atom is 0.296 e. The number of aromatic amines is 1. The van der Waals surface area contributed by atoms with Crippen molar-refractivity contribution in [1.82, 2.24) is 15.3 Å². The highest BCUT2D eigenvalue weighted by Gasteiger charge is 2.02. The summed E-state index contributed by atoms with van der Waals surface area (Å²) in [5, 5.41) is 2.72. The first-order valence-electron chi connectivity index (χ1n) is 6.60. The molecule has 0 aliphatic carbocycles. The molecule has 0 radical (unpaired) electrons. The van der Waals surface area contributed by atoms with E-state index in [-0.39, 0.29) is 5.91 Å². The molecule has 3 rings (SSSR count). The van der Waals surface area contributed by atoms with Crippen LogP contribution in [0.5, 0.6) is 0 Å². The van der Waals surface area contributed by atoms with Crippen LogP contribution < -0.4 is 5.32 Å². The number of imidazole rings is 1. The Morgan fingerprint density at radius 3 is 2.67 bits per heavy atom. The minimum Gasteiger partial charge on any atom is -0.340 e. The van der Waals surface area contributed by atoms with Crippen molar-refractivity contribution in [2.24, 2.45) is 0 Å². The van der Waals surface area contributed by atoms with Crippen molar-refractivity contribution in [3.63, 3.8) is 0 Å². The van der Waals surface area contributed by atoms with Crippen molar-refractivity contribution in [3.8, 4) is 11.8 Å². The fraction of sp³-hybridized carbons (Fsp3) is 0.0588. The summed E-state index contributed by atoms with van der Waals surface area (Å²) < 4.78 is 0. The highest BCUT2D eigenvalue weighted by atomic mass is 16.1. The number of rotatable bonds is 2. The summed E-state index contributed by atoms with van der Waals surface area (Å²) in [7, 11) is 0. The van der Waals surface area contributed by atoms with Gasteiger partial charge in [-0.05, 0) is 24.3 Å². The van der Waals surface area contributed by atoms with E-state index in [1.54, 1.807) is 0 Å². The average molecular weight is 275 g/mol. The monoisotopic (exact) mass is 275 g/mol. The quantitative estimate of drug-likeness (QED) is 0.705. The molecule has 2 N–H and O–H groups in total. The molecule has 1 amide bonds. The summed E-state index contributed by atoms with van der Waals surface area (Å²) in [6.07, 6.45) is 0. The molecule has 0 spiro atoms. The summed E-state index contributed by atoms with van der Waals surface area (Å²) in [6.45, 7) is 0.330. The zero-order chi connectivity index (χ0) is 14.5. The van der Waals surface area contributed by atoms with Gasteiger partial charge in [-0.25, -0.2) is 4.98 Å². The zero-order valence-electron chi connectivity index (χ0n) is 11.3. The van der Waals surface area contributed by atoms with Crippen molar-refractivity contribution in [3.05, 3.63) is 66.0 Å². The number of fused-ring (bicyclic) bond motifs is 1. The Balaban J connectivity index is 1.62. The second-order valence-electron chi connectivity index (χ2n) is 4.50. The number of carbonyl (C=O) groups is 1. The first-order valence-corrected chi connectivity index (χ1v) is 6.60. The fourth-order valence-electron chi connectivity index (χ4n) is 1.95. The lowest BCUT2D eigenvalue weighted by Gasteiger charge is -1.96. The number of hydrogen-bond donors (Lipinski definition) is 2. The SMILES string of the molecule is O=C(C#Cc1ccccc1)NCc1nc2ccccc2[nH]1. The molecule has 3 aromatic rings. The minimum atomic E-state index is -0.320. The van der Waals surface area contributed by atoms with E-state index in [1.165, 1.54) is 0 Å². The predicted octanol–water partition coefficient (Wildman–Crippen LogP) is 2.23. The molecule has 0 aliphatic heterocycles. The molecule has 1 heterocycles. The molecule has 0 bridgehead atoms. The summed E-state index contributed by atoms with van der Waals surface area (Å²) in [4.78, 5) is 19.2. The maximum atomic E-state index is 11.7. The normalized spacial score (nSPS) is 9.90. The average Bonchev–Trinajstić information content (AvgIpc) is 2.95. The van der Waals surface area contributed by atoms with E-state index < -0.39 is 0 Å². The molecule has 0 saturated carbocycles. The summed E-state index contributed by atoms with van der Waals surface area (Å²) >= 11 is 0. The number of H-pyrrole nitrogens is 1. The molecule has 4 nitrogen and oxygen atoms in total. The molecular weight excluding hydrogens is 262 g/mol. The Morgan fingerprint density at radius 1 is 1.10 bits per heavy atom. The summed E-state index contributed by atoms with van der Waals surface area (Å²) in [6, 6.07) is 17.1. The van der Waals surface area contributed by atoms with Crippen LogP contribution in [0.2, 0.25) is 0 Å². The van der Waals surface area contributed by atoms with Crippen LogP contribution in [0.3, 0.4) is 0 Å². The van der Waals surface area contributed by atoms with E-state index in [2.05, 4.69) is 27.1 Å². The van der Waals surface area contributed by atoms with Gasteiger partial charge < -0.3 is 10.3 Å². The first kappa shape index (κ1) is 12.9. The topological polar surface area (TPSA) is 57.8 Å².